The van der Waals surface area contributed by atoms with E-state index >= 15 is 0 Å². The molecule has 2 heterocycles. The van der Waals surface area contributed by atoms with E-state index in [1.807, 2.05) is 14.1 Å². The number of hydrogen-bond donors (Lipinski definition) is 0. The van der Waals surface area contributed by atoms with Crippen LogP contribution >= 0.6 is 44.8 Å². The lowest BCUT2D eigenvalue weighted by atomic mass is 10.3. The molecule has 0 aromatic heterocycles. The van der Waals surface area contributed by atoms with Crippen LogP contribution in [-0.4, -0.2) is 98.2 Å². The van der Waals surface area contributed by atoms with E-state index in [4.69, 9.17) is 32.7 Å². The number of carbonyl (C=O) groups is 2. The average molecular weight is 608 g/mol. The second-order valence-electron chi connectivity index (χ2n) is 8.91. The summed E-state index contributed by atoms with van der Waals surface area (Å²) in [5, 5.41) is 0.193. The van der Waals surface area contributed by atoms with Gasteiger partial charge in [-0.05, 0) is 26.2 Å². The van der Waals surface area contributed by atoms with Gasteiger partial charge in [-0.15, -0.1) is 0 Å². The van der Waals surface area contributed by atoms with E-state index in [9.17, 15) is 18.4 Å². The number of piperazine rings is 2. The summed E-state index contributed by atoms with van der Waals surface area (Å²) >= 11 is 12.5. The molecule has 0 spiro atoms. The van der Waals surface area contributed by atoms with Gasteiger partial charge in [-0.3, -0.25) is 0 Å². The van der Waals surface area contributed by atoms with Crippen molar-refractivity contribution in [2.24, 2.45) is 0 Å². The number of rotatable bonds is 5. The topological polar surface area (TPSA) is 65.6 Å². The Morgan fingerprint density at radius 1 is 0.684 bits per heavy atom. The lowest BCUT2D eigenvalue weighted by Gasteiger charge is -2.31. The molecule has 0 unspecified atom stereocenters. The molecule has 0 saturated carbocycles. The maximum absolute atomic E-state index is 14.5. The quantitative estimate of drug-likeness (QED) is 0.410. The molecule has 0 atom stereocenters. The molecule has 38 heavy (non-hydrogen) atoms. The predicted octanol–water partition coefficient (Wildman–Crippen LogP) is 5.56. The molecule has 206 valence electrons. The first-order chi connectivity index (χ1) is 18.1. The number of likely N-dealkylation sites (N-methyl/N-ethyl adjacent to an activating group) is 2. The highest BCUT2D eigenvalue weighted by atomic mass is 35.5. The molecule has 0 radical (unpaired) electrons. The Morgan fingerprint density at radius 3 is 1.37 bits per heavy atom. The smallest absolute Gasteiger partial charge is 0.407 e. The number of ether oxygens (including phenoxy) is 2. The molecule has 0 bridgehead atoms. The lowest BCUT2D eigenvalue weighted by Crippen LogP contribution is -2.48. The predicted molar refractivity (Wildman–Crippen MR) is 145 cm³/mol. The summed E-state index contributed by atoms with van der Waals surface area (Å²) in [6, 6.07) is 4.78. The zero-order chi connectivity index (χ0) is 27.4. The molecule has 2 aliphatic rings. The number of hydrogen-bond acceptors (Lipinski definition) is 8. The van der Waals surface area contributed by atoms with Crippen molar-refractivity contribution in [3.8, 4) is 11.5 Å². The highest BCUT2D eigenvalue weighted by molar-refractivity contribution is 8.76. The molecular formula is C24H26Cl2F2N4O4S2. The SMILES string of the molecule is CN1CCN(C(=O)Oc2cc(SSc3cc(OC(=O)N4CCN(C)CC4)c(F)cc3Cl)c(Cl)cc2F)CC1. The number of nitrogens with zero attached hydrogens (tertiary/aromatic N) is 4. The Kier molecular flexibility index (Phi) is 9.88. The third kappa shape index (κ3) is 7.36. The average Bonchev–Trinajstić information content (AvgIpc) is 2.88. The Labute approximate surface area is 237 Å². The van der Waals surface area contributed by atoms with Crippen LogP contribution in [0, 0.1) is 11.6 Å². The first-order valence-electron chi connectivity index (χ1n) is 11.7. The Hall–Kier alpha value is -1.96. The molecule has 0 aliphatic carbocycles. The van der Waals surface area contributed by atoms with Crippen molar-refractivity contribution in [2.75, 3.05) is 66.5 Å². The standard InChI is InChI=1S/C24H26Cl2F2N4O4S2/c1-29-3-7-31(8-4-29)23(33)35-19-13-21(15(25)11-17(19)27)37-38-22-14-20(18(28)12-16(22)26)36-24(34)32-9-5-30(2)6-10-32/h11-14H,3-10H2,1-2H3. The summed E-state index contributed by atoms with van der Waals surface area (Å²) in [6.45, 7) is 4.70. The van der Waals surface area contributed by atoms with E-state index < -0.39 is 23.8 Å². The van der Waals surface area contributed by atoms with Crippen LogP contribution in [0.2, 0.25) is 10.0 Å². The van der Waals surface area contributed by atoms with Gasteiger partial charge >= 0.3 is 12.2 Å². The number of carbonyl (C=O) groups excluding carboxylic acids is 2. The minimum absolute atomic E-state index is 0.0966. The van der Waals surface area contributed by atoms with Crippen LogP contribution in [0.5, 0.6) is 11.5 Å². The monoisotopic (exact) mass is 606 g/mol. The molecule has 14 heteroatoms. The van der Waals surface area contributed by atoms with Crippen LogP contribution in [0.3, 0.4) is 0 Å². The van der Waals surface area contributed by atoms with Gasteiger partial charge in [-0.2, -0.15) is 0 Å². The molecule has 2 aliphatic heterocycles. The van der Waals surface area contributed by atoms with Crippen molar-refractivity contribution >= 4 is 57.0 Å². The molecule has 2 aromatic carbocycles. The third-order valence-electron chi connectivity index (χ3n) is 6.11. The van der Waals surface area contributed by atoms with Crippen LogP contribution in [0.15, 0.2) is 34.1 Å². The summed E-state index contributed by atoms with van der Waals surface area (Å²) in [5.74, 6) is -2.06. The first-order valence-corrected chi connectivity index (χ1v) is 14.6. The maximum Gasteiger partial charge on any atom is 0.415 e. The lowest BCUT2D eigenvalue weighted by molar-refractivity contribution is 0.118. The Morgan fingerprint density at radius 2 is 1.03 bits per heavy atom. The van der Waals surface area contributed by atoms with Gasteiger partial charge in [0.05, 0.1) is 10.0 Å². The van der Waals surface area contributed by atoms with Gasteiger partial charge in [-0.1, -0.05) is 44.8 Å². The van der Waals surface area contributed by atoms with E-state index in [-0.39, 0.29) is 21.5 Å². The summed E-state index contributed by atoms with van der Waals surface area (Å²) in [5.41, 5.74) is 0. The fraction of sp³-hybridized carbons (Fsp3) is 0.417. The van der Waals surface area contributed by atoms with Crippen LogP contribution in [0.4, 0.5) is 18.4 Å². The maximum atomic E-state index is 14.5. The Bertz CT molecular complexity index is 1100. The Balaban J connectivity index is 1.43. The minimum atomic E-state index is -0.773. The summed E-state index contributed by atoms with van der Waals surface area (Å²) in [7, 11) is 6.12. The van der Waals surface area contributed by atoms with Gasteiger partial charge in [-0.25, -0.2) is 18.4 Å². The molecule has 2 saturated heterocycles. The van der Waals surface area contributed by atoms with Crippen LogP contribution in [0.25, 0.3) is 0 Å². The van der Waals surface area contributed by atoms with Gasteiger partial charge in [0.15, 0.2) is 23.1 Å². The highest BCUT2D eigenvalue weighted by Gasteiger charge is 2.24. The van der Waals surface area contributed by atoms with Crippen LogP contribution in [0.1, 0.15) is 0 Å². The van der Waals surface area contributed by atoms with E-state index in [0.717, 1.165) is 33.7 Å². The van der Waals surface area contributed by atoms with Gasteiger partial charge < -0.3 is 29.1 Å². The third-order valence-corrected chi connectivity index (χ3v) is 9.41. The number of benzene rings is 2. The number of halogens is 4. The zero-order valence-corrected chi connectivity index (χ0v) is 23.9. The van der Waals surface area contributed by atoms with Crippen molar-refractivity contribution < 1.29 is 27.8 Å². The fourth-order valence-electron chi connectivity index (χ4n) is 3.69. The van der Waals surface area contributed by atoms with Gasteiger partial charge in [0.25, 0.3) is 0 Å². The van der Waals surface area contributed by atoms with Gasteiger partial charge in [0, 0.05) is 74.3 Å². The van der Waals surface area contributed by atoms with E-state index in [1.54, 1.807) is 0 Å². The van der Waals surface area contributed by atoms with Crippen LogP contribution in [-0.2, 0) is 0 Å². The van der Waals surface area contributed by atoms with Crippen molar-refractivity contribution in [3.63, 3.8) is 0 Å². The number of amides is 2. The van der Waals surface area contributed by atoms with Crippen molar-refractivity contribution in [2.45, 2.75) is 9.79 Å². The molecule has 2 fully saturated rings. The zero-order valence-electron chi connectivity index (χ0n) is 20.7. The van der Waals surface area contributed by atoms with E-state index in [1.165, 1.54) is 21.9 Å². The summed E-state index contributed by atoms with van der Waals surface area (Å²) in [6.07, 6.45) is -1.28. The second kappa shape index (κ2) is 12.9. The summed E-state index contributed by atoms with van der Waals surface area (Å²) in [4.78, 5) is 33.0. The first kappa shape index (κ1) is 29.0. The van der Waals surface area contributed by atoms with E-state index in [0.29, 0.717) is 62.1 Å². The molecule has 2 amide bonds. The molecular weight excluding hydrogens is 581 g/mol. The van der Waals surface area contributed by atoms with Crippen LogP contribution < -0.4 is 9.47 Å². The van der Waals surface area contributed by atoms with E-state index in [2.05, 4.69) is 9.80 Å². The minimum Gasteiger partial charge on any atom is -0.407 e. The largest absolute Gasteiger partial charge is 0.415 e. The van der Waals surface area contributed by atoms with Crippen molar-refractivity contribution in [3.05, 3.63) is 45.9 Å². The normalized spacial score (nSPS) is 17.0. The van der Waals surface area contributed by atoms with Crippen molar-refractivity contribution in [1.29, 1.82) is 0 Å². The molecule has 2 aromatic rings. The van der Waals surface area contributed by atoms with Crippen molar-refractivity contribution in [1.82, 2.24) is 19.6 Å². The summed E-state index contributed by atoms with van der Waals surface area (Å²) < 4.78 is 39.6. The second-order valence-corrected chi connectivity index (χ2v) is 11.9. The van der Waals surface area contributed by atoms with Gasteiger partial charge in [0.1, 0.15) is 0 Å². The highest BCUT2D eigenvalue weighted by Crippen LogP contribution is 2.46. The molecule has 0 N–H and O–H groups in total. The molecule has 4 rings (SSSR count). The molecule has 8 nitrogen and oxygen atoms in total. The van der Waals surface area contributed by atoms with Gasteiger partial charge in [0.2, 0.25) is 0 Å². The fourth-order valence-corrected chi connectivity index (χ4v) is 6.63.